The van der Waals surface area contributed by atoms with Gasteiger partial charge in [0.2, 0.25) is 0 Å². The number of nitrogens with one attached hydrogen (secondary N) is 2. The van der Waals surface area contributed by atoms with Crippen molar-refractivity contribution in [1.29, 1.82) is 0 Å². The number of halogens is 3. The van der Waals surface area contributed by atoms with E-state index in [2.05, 4.69) is 35.5 Å². The predicted octanol–water partition coefficient (Wildman–Crippen LogP) is 3.70. The number of alkyl halides is 2. The summed E-state index contributed by atoms with van der Waals surface area (Å²) in [6.07, 6.45) is -0.582. The van der Waals surface area contributed by atoms with Crippen molar-refractivity contribution >= 4 is 29.9 Å². The van der Waals surface area contributed by atoms with Gasteiger partial charge < -0.3 is 15.4 Å². The average molecular weight is 510 g/mol. The third-order valence-electron chi connectivity index (χ3n) is 4.74. The van der Waals surface area contributed by atoms with Crippen molar-refractivity contribution in [3.8, 4) is 5.75 Å². The molecule has 5 nitrogen and oxygen atoms in total. The molecule has 0 aliphatic carbocycles. The quantitative estimate of drug-likeness (QED) is 0.243. The van der Waals surface area contributed by atoms with Gasteiger partial charge >= 0.3 is 0 Å². The van der Waals surface area contributed by atoms with Crippen LogP contribution in [0.1, 0.15) is 38.2 Å². The number of aliphatic imine (C=N–C) groups is 1. The summed E-state index contributed by atoms with van der Waals surface area (Å²) in [4.78, 5) is 6.06. The Hall–Kier alpha value is -1.16. The van der Waals surface area contributed by atoms with Crippen LogP contribution in [0.25, 0.3) is 0 Å². The van der Waals surface area contributed by atoms with Crippen LogP contribution in [0.4, 0.5) is 8.78 Å². The predicted molar refractivity (Wildman–Crippen MR) is 121 cm³/mol. The molecule has 0 saturated carbocycles. The third kappa shape index (κ3) is 8.46. The summed E-state index contributed by atoms with van der Waals surface area (Å²) in [5, 5.41) is 6.64. The number of ether oxygens (including phenoxy) is 1. The zero-order valence-corrected chi connectivity index (χ0v) is 19.3. The molecule has 1 saturated heterocycles. The number of rotatable bonds is 8. The molecule has 0 unspecified atom stereocenters. The van der Waals surface area contributed by atoms with Gasteiger partial charge in [-0.05, 0) is 30.4 Å². The lowest BCUT2D eigenvalue weighted by Crippen LogP contribution is -2.49. The summed E-state index contributed by atoms with van der Waals surface area (Å²) >= 11 is 0. The Morgan fingerprint density at radius 1 is 1.25 bits per heavy atom. The maximum absolute atomic E-state index is 12.4. The van der Waals surface area contributed by atoms with E-state index in [0.717, 1.165) is 24.6 Å². The van der Waals surface area contributed by atoms with Crippen LogP contribution in [0.15, 0.2) is 29.3 Å². The first-order valence-corrected chi connectivity index (χ1v) is 9.69. The Kier molecular flexibility index (Phi) is 11.7. The van der Waals surface area contributed by atoms with Crippen molar-refractivity contribution in [3.63, 3.8) is 0 Å². The highest BCUT2D eigenvalue weighted by atomic mass is 127. The maximum Gasteiger partial charge on any atom is 0.251 e. The van der Waals surface area contributed by atoms with Crippen molar-refractivity contribution < 1.29 is 13.5 Å². The molecule has 0 radical (unpaired) electrons. The van der Waals surface area contributed by atoms with E-state index >= 15 is 0 Å². The molecule has 0 atom stereocenters. The summed E-state index contributed by atoms with van der Waals surface area (Å²) in [6.45, 7) is 6.72. The van der Waals surface area contributed by atoms with Crippen LogP contribution in [0.5, 0.6) is 5.75 Å². The maximum atomic E-state index is 12.4. The Bertz CT molecular complexity index is 593. The van der Waals surface area contributed by atoms with Crippen molar-refractivity contribution in [2.24, 2.45) is 4.99 Å². The summed E-state index contributed by atoms with van der Waals surface area (Å²) in [6, 6.07) is 8.35. The molecule has 2 N–H and O–H groups in total. The van der Waals surface area contributed by atoms with Crippen molar-refractivity contribution in [2.75, 3.05) is 39.8 Å². The van der Waals surface area contributed by atoms with Crippen molar-refractivity contribution in [3.05, 3.63) is 29.8 Å². The molecule has 1 fully saturated rings. The van der Waals surface area contributed by atoms with Crippen LogP contribution in [0.2, 0.25) is 0 Å². The second kappa shape index (κ2) is 13.1. The summed E-state index contributed by atoms with van der Waals surface area (Å²) in [7, 11) is 1.73. The normalized spacial score (nSPS) is 16.2. The number of nitrogens with zero attached hydrogens (tertiary/aromatic N) is 2. The molecular formula is C20H33F2IN4O. The Morgan fingerprint density at radius 3 is 2.54 bits per heavy atom. The van der Waals surface area contributed by atoms with E-state index in [1.54, 1.807) is 7.05 Å². The second-order valence-electron chi connectivity index (χ2n) is 7.15. The monoisotopic (exact) mass is 510 g/mol. The average Bonchev–Trinajstić information content (AvgIpc) is 2.65. The molecule has 1 aliphatic heterocycles. The van der Waals surface area contributed by atoms with Crippen LogP contribution in [-0.2, 0) is 0 Å². The zero-order valence-electron chi connectivity index (χ0n) is 17.0. The van der Waals surface area contributed by atoms with Gasteiger partial charge in [-0.15, -0.1) is 24.0 Å². The molecule has 0 spiro atoms. The Balaban J connectivity index is 0.00000392. The first-order chi connectivity index (χ1) is 13.0. The number of hydrogen-bond donors (Lipinski definition) is 2. The SMILES string of the molecule is CN=C(NCCOc1ccccc1C(C)C)NC1CCN(CC(F)F)CC1.I. The van der Waals surface area contributed by atoms with Crippen molar-refractivity contribution in [1.82, 2.24) is 15.5 Å². The van der Waals surface area contributed by atoms with E-state index < -0.39 is 6.43 Å². The van der Waals surface area contributed by atoms with E-state index in [-0.39, 0.29) is 36.6 Å². The van der Waals surface area contributed by atoms with Gasteiger partial charge in [-0.25, -0.2) is 8.78 Å². The largest absolute Gasteiger partial charge is 0.491 e. The van der Waals surface area contributed by atoms with Gasteiger partial charge in [-0.1, -0.05) is 32.0 Å². The van der Waals surface area contributed by atoms with Crippen LogP contribution in [-0.4, -0.2) is 63.2 Å². The molecule has 2 rings (SSSR count). The van der Waals surface area contributed by atoms with Crippen molar-refractivity contribution in [2.45, 2.75) is 45.1 Å². The van der Waals surface area contributed by atoms with E-state index in [4.69, 9.17) is 4.74 Å². The Morgan fingerprint density at radius 2 is 1.93 bits per heavy atom. The van der Waals surface area contributed by atoms with Gasteiger partial charge in [0, 0.05) is 26.2 Å². The number of para-hydroxylation sites is 1. The highest BCUT2D eigenvalue weighted by Gasteiger charge is 2.21. The number of piperidine rings is 1. The number of benzene rings is 1. The topological polar surface area (TPSA) is 48.9 Å². The van der Waals surface area contributed by atoms with E-state index in [0.29, 0.717) is 32.2 Å². The molecule has 0 bridgehead atoms. The van der Waals surface area contributed by atoms with Gasteiger partial charge in [0.1, 0.15) is 12.4 Å². The van der Waals surface area contributed by atoms with Crippen LogP contribution < -0.4 is 15.4 Å². The molecule has 1 aromatic rings. The Labute approximate surface area is 184 Å². The molecular weight excluding hydrogens is 477 g/mol. The zero-order chi connectivity index (χ0) is 19.6. The lowest BCUT2D eigenvalue weighted by atomic mass is 10.0. The standard InChI is InChI=1S/C20H32F2N4O.HI/c1-15(2)17-6-4-5-7-18(17)27-13-10-24-20(23-3)25-16-8-11-26(12-9-16)14-19(21)22;/h4-7,15-16,19H,8-14H2,1-3H3,(H2,23,24,25);1H. The van der Waals surface area contributed by atoms with Gasteiger partial charge in [-0.3, -0.25) is 9.89 Å². The minimum absolute atomic E-state index is 0. The molecule has 1 aromatic carbocycles. The molecule has 0 amide bonds. The fourth-order valence-corrected chi connectivity index (χ4v) is 3.26. The molecule has 8 heteroatoms. The second-order valence-corrected chi connectivity index (χ2v) is 7.15. The van der Waals surface area contributed by atoms with Gasteiger partial charge in [0.15, 0.2) is 5.96 Å². The minimum Gasteiger partial charge on any atom is -0.491 e. The molecule has 160 valence electrons. The number of likely N-dealkylation sites (tertiary alicyclic amines) is 1. The van der Waals surface area contributed by atoms with Gasteiger partial charge in [0.25, 0.3) is 6.43 Å². The van der Waals surface area contributed by atoms with Crippen LogP contribution in [0.3, 0.4) is 0 Å². The van der Waals surface area contributed by atoms with E-state index in [1.165, 1.54) is 5.56 Å². The fraction of sp³-hybridized carbons (Fsp3) is 0.650. The van der Waals surface area contributed by atoms with Gasteiger partial charge in [0.05, 0.1) is 13.1 Å². The summed E-state index contributed by atoms with van der Waals surface area (Å²) in [5.41, 5.74) is 1.20. The lowest BCUT2D eigenvalue weighted by Gasteiger charge is -2.32. The summed E-state index contributed by atoms with van der Waals surface area (Å²) < 4.78 is 30.8. The number of guanidine groups is 1. The highest BCUT2D eigenvalue weighted by molar-refractivity contribution is 14.0. The van der Waals surface area contributed by atoms with Crippen LogP contribution in [0, 0.1) is 0 Å². The highest BCUT2D eigenvalue weighted by Crippen LogP contribution is 2.25. The van der Waals surface area contributed by atoms with Crippen LogP contribution >= 0.6 is 24.0 Å². The lowest BCUT2D eigenvalue weighted by molar-refractivity contribution is 0.0744. The summed E-state index contributed by atoms with van der Waals surface area (Å²) in [5.74, 6) is 2.06. The van der Waals surface area contributed by atoms with E-state index in [9.17, 15) is 8.78 Å². The number of hydrogen-bond acceptors (Lipinski definition) is 3. The minimum atomic E-state index is -2.26. The molecule has 0 aromatic heterocycles. The molecule has 1 heterocycles. The first kappa shape index (κ1) is 24.9. The first-order valence-electron chi connectivity index (χ1n) is 9.69. The fourth-order valence-electron chi connectivity index (χ4n) is 3.26. The molecule has 28 heavy (non-hydrogen) atoms. The third-order valence-corrected chi connectivity index (χ3v) is 4.74. The van der Waals surface area contributed by atoms with E-state index in [1.807, 2.05) is 23.1 Å². The van der Waals surface area contributed by atoms with Gasteiger partial charge in [-0.2, -0.15) is 0 Å². The molecule has 1 aliphatic rings. The smallest absolute Gasteiger partial charge is 0.251 e.